The summed E-state index contributed by atoms with van der Waals surface area (Å²) >= 11 is 1.72. The van der Waals surface area contributed by atoms with Gasteiger partial charge in [0.2, 0.25) is 0 Å². The molecule has 2 N–H and O–H groups in total. The van der Waals surface area contributed by atoms with Crippen molar-refractivity contribution in [3.8, 4) is 0 Å². The molecule has 0 saturated carbocycles. The van der Waals surface area contributed by atoms with Gasteiger partial charge < -0.3 is 10.3 Å². The lowest BCUT2D eigenvalue weighted by Gasteiger charge is -2.17. The van der Waals surface area contributed by atoms with E-state index >= 15 is 0 Å². The van der Waals surface area contributed by atoms with Gasteiger partial charge in [-0.15, -0.1) is 11.3 Å². The Kier molecular flexibility index (Phi) is 4.93. The second kappa shape index (κ2) is 6.92. The quantitative estimate of drug-likeness (QED) is 0.802. The second-order valence-electron chi connectivity index (χ2n) is 6.43. The minimum atomic E-state index is 0.0439. The van der Waals surface area contributed by atoms with E-state index < -0.39 is 0 Å². The molecule has 0 spiro atoms. The first-order valence-electron chi connectivity index (χ1n) is 8.43. The Morgan fingerprint density at radius 1 is 1.41 bits per heavy atom. The van der Waals surface area contributed by atoms with E-state index in [9.17, 15) is 4.79 Å². The zero-order valence-corrected chi connectivity index (χ0v) is 14.3. The van der Waals surface area contributed by atoms with Crippen molar-refractivity contribution in [3.63, 3.8) is 0 Å². The van der Waals surface area contributed by atoms with E-state index in [1.807, 2.05) is 0 Å². The molecule has 0 amide bonds. The predicted molar refractivity (Wildman–Crippen MR) is 92.7 cm³/mol. The predicted octanol–water partition coefficient (Wildman–Crippen LogP) is 3.39. The highest BCUT2D eigenvalue weighted by molar-refractivity contribution is 7.18. The number of aryl methyl sites for hydroxylation is 1. The maximum atomic E-state index is 12.4. The summed E-state index contributed by atoms with van der Waals surface area (Å²) in [6.07, 6.45) is 6.94. The van der Waals surface area contributed by atoms with Crippen LogP contribution >= 0.6 is 11.3 Å². The van der Waals surface area contributed by atoms with Crippen molar-refractivity contribution < 1.29 is 0 Å². The molecule has 1 atom stereocenters. The van der Waals surface area contributed by atoms with Crippen molar-refractivity contribution in [1.29, 1.82) is 0 Å². The molecule has 1 aliphatic carbocycles. The first-order valence-corrected chi connectivity index (χ1v) is 9.24. The maximum absolute atomic E-state index is 12.4. The smallest absolute Gasteiger partial charge is 0.259 e. The van der Waals surface area contributed by atoms with Crippen LogP contribution in [0.3, 0.4) is 0 Å². The Labute approximate surface area is 135 Å². The van der Waals surface area contributed by atoms with Gasteiger partial charge in [-0.05, 0) is 43.7 Å². The van der Waals surface area contributed by atoms with Crippen LogP contribution in [0.1, 0.15) is 55.8 Å². The van der Waals surface area contributed by atoms with Crippen molar-refractivity contribution >= 4 is 21.6 Å². The average Bonchev–Trinajstić information content (AvgIpc) is 2.84. The van der Waals surface area contributed by atoms with Crippen LogP contribution in [-0.2, 0) is 19.4 Å². The highest BCUT2D eigenvalue weighted by Gasteiger charge is 2.22. The van der Waals surface area contributed by atoms with E-state index in [0.717, 1.165) is 41.3 Å². The Morgan fingerprint density at radius 3 is 3.09 bits per heavy atom. The van der Waals surface area contributed by atoms with E-state index in [0.29, 0.717) is 6.54 Å². The molecule has 0 fully saturated rings. The van der Waals surface area contributed by atoms with Crippen molar-refractivity contribution in [1.82, 2.24) is 15.3 Å². The maximum Gasteiger partial charge on any atom is 0.259 e. The molecule has 0 aromatic carbocycles. The molecule has 1 aliphatic rings. The van der Waals surface area contributed by atoms with Crippen LogP contribution in [-0.4, -0.2) is 16.5 Å². The van der Waals surface area contributed by atoms with Gasteiger partial charge in [-0.25, -0.2) is 4.98 Å². The van der Waals surface area contributed by atoms with Gasteiger partial charge in [0.15, 0.2) is 0 Å². The molecule has 0 saturated heterocycles. The zero-order valence-electron chi connectivity index (χ0n) is 13.5. The lowest BCUT2D eigenvalue weighted by atomic mass is 9.89. The number of aromatic nitrogens is 2. The summed E-state index contributed by atoms with van der Waals surface area (Å²) in [4.78, 5) is 22.4. The van der Waals surface area contributed by atoms with Gasteiger partial charge in [0.25, 0.3) is 5.56 Å². The summed E-state index contributed by atoms with van der Waals surface area (Å²) in [5.74, 6) is 1.49. The number of H-pyrrole nitrogens is 1. The molecule has 2 aromatic rings. The first-order chi connectivity index (χ1) is 10.7. The number of unbranched alkanes of at least 4 members (excludes halogenated alkanes) is 2. The van der Waals surface area contributed by atoms with Crippen molar-refractivity contribution in [3.05, 3.63) is 26.6 Å². The fourth-order valence-corrected chi connectivity index (χ4v) is 4.59. The number of aromatic amines is 1. The van der Waals surface area contributed by atoms with Gasteiger partial charge in [0.1, 0.15) is 10.7 Å². The lowest BCUT2D eigenvalue weighted by molar-refractivity contribution is 0.509. The highest BCUT2D eigenvalue weighted by Crippen LogP contribution is 2.35. The van der Waals surface area contributed by atoms with Crippen LogP contribution in [0.15, 0.2) is 4.79 Å². The van der Waals surface area contributed by atoms with Gasteiger partial charge in [-0.2, -0.15) is 0 Å². The van der Waals surface area contributed by atoms with Crippen molar-refractivity contribution in [2.45, 2.75) is 58.9 Å². The Hall–Kier alpha value is -1.20. The van der Waals surface area contributed by atoms with Gasteiger partial charge in [-0.3, -0.25) is 4.79 Å². The Balaban J connectivity index is 1.79. The number of hydrogen-bond donors (Lipinski definition) is 2. The third kappa shape index (κ3) is 3.25. The van der Waals surface area contributed by atoms with Crippen molar-refractivity contribution in [2.24, 2.45) is 5.92 Å². The molecule has 3 rings (SSSR count). The largest absolute Gasteiger partial charge is 0.310 e. The second-order valence-corrected chi connectivity index (χ2v) is 7.51. The van der Waals surface area contributed by atoms with Gasteiger partial charge >= 0.3 is 0 Å². The summed E-state index contributed by atoms with van der Waals surface area (Å²) < 4.78 is 0. The SMILES string of the molecule is CCCCCNCc1nc2sc3c(c2c(=O)[nH]1)CCC(C)C3. The highest BCUT2D eigenvalue weighted by atomic mass is 32.1. The van der Waals surface area contributed by atoms with E-state index in [1.165, 1.54) is 36.1 Å². The molecule has 1 unspecified atom stereocenters. The van der Waals surface area contributed by atoms with Crippen LogP contribution in [0, 0.1) is 5.92 Å². The Bertz CT molecular complexity index is 704. The minimum Gasteiger partial charge on any atom is -0.310 e. The van der Waals surface area contributed by atoms with Crippen molar-refractivity contribution in [2.75, 3.05) is 6.54 Å². The molecule has 2 aromatic heterocycles. The molecular formula is C17H25N3OS. The number of rotatable bonds is 6. The van der Waals surface area contributed by atoms with Crippen LogP contribution in [0.4, 0.5) is 0 Å². The van der Waals surface area contributed by atoms with E-state index in [1.54, 1.807) is 11.3 Å². The number of fused-ring (bicyclic) bond motifs is 3. The monoisotopic (exact) mass is 319 g/mol. The molecule has 2 heterocycles. The van der Waals surface area contributed by atoms with Gasteiger partial charge in [0.05, 0.1) is 11.9 Å². The third-order valence-corrected chi connectivity index (χ3v) is 5.61. The molecule has 120 valence electrons. The summed E-state index contributed by atoms with van der Waals surface area (Å²) in [5.41, 5.74) is 1.30. The van der Waals surface area contributed by atoms with Crippen LogP contribution in [0.5, 0.6) is 0 Å². The molecular weight excluding hydrogens is 294 g/mol. The number of hydrogen-bond acceptors (Lipinski definition) is 4. The summed E-state index contributed by atoms with van der Waals surface area (Å²) in [6.45, 7) is 6.12. The fraction of sp³-hybridized carbons (Fsp3) is 0.647. The molecule has 0 bridgehead atoms. The zero-order chi connectivity index (χ0) is 15.5. The number of nitrogens with zero attached hydrogens (tertiary/aromatic N) is 1. The van der Waals surface area contributed by atoms with E-state index in [4.69, 9.17) is 0 Å². The minimum absolute atomic E-state index is 0.0439. The average molecular weight is 319 g/mol. The van der Waals surface area contributed by atoms with E-state index in [-0.39, 0.29) is 5.56 Å². The van der Waals surface area contributed by atoms with Gasteiger partial charge in [-0.1, -0.05) is 26.7 Å². The summed E-state index contributed by atoms with van der Waals surface area (Å²) in [6, 6.07) is 0. The lowest BCUT2D eigenvalue weighted by Crippen LogP contribution is -2.20. The van der Waals surface area contributed by atoms with Gasteiger partial charge in [0, 0.05) is 4.88 Å². The summed E-state index contributed by atoms with van der Waals surface area (Å²) in [5, 5.41) is 4.22. The molecule has 4 nitrogen and oxygen atoms in total. The molecule has 0 radical (unpaired) electrons. The first kappa shape index (κ1) is 15.7. The molecule has 0 aliphatic heterocycles. The fourth-order valence-electron chi connectivity index (χ4n) is 3.18. The van der Waals surface area contributed by atoms with Crippen LogP contribution < -0.4 is 10.9 Å². The molecule has 5 heteroatoms. The number of nitrogens with one attached hydrogen (secondary N) is 2. The third-order valence-electron chi connectivity index (χ3n) is 4.46. The van der Waals surface area contributed by atoms with Crippen LogP contribution in [0.25, 0.3) is 10.2 Å². The normalized spacial score (nSPS) is 17.8. The molecule has 22 heavy (non-hydrogen) atoms. The van der Waals surface area contributed by atoms with E-state index in [2.05, 4.69) is 29.1 Å². The summed E-state index contributed by atoms with van der Waals surface area (Å²) in [7, 11) is 0. The van der Waals surface area contributed by atoms with Crippen LogP contribution in [0.2, 0.25) is 0 Å². The standard InChI is InChI=1S/C17H25N3OS/c1-3-4-5-8-18-10-14-19-16(21)15-12-7-6-11(2)9-13(12)22-17(15)20-14/h11,18H,3-10H2,1-2H3,(H,19,20,21). The number of thiophene rings is 1. The Morgan fingerprint density at radius 2 is 2.27 bits per heavy atom. The topological polar surface area (TPSA) is 57.8 Å².